The van der Waals surface area contributed by atoms with E-state index in [0.29, 0.717) is 0 Å². The van der Waals surface area contributed by atoms with Gasteiger partial charge in [-0.15, -0.1) is 0 Å². The minimum atomic E-state index is -4.00. The number of nitrogens with zero attached hydrogens (tertiary/aromatic N) is 1. The Morgan fingerprint density at radius 3 is 2.68 bits per heavy atom. The molecule has 8 nitrogen and oxygen atoms in total. The quantitative estimate of drug-likeness (QED) is 0.459. The van der Waals surface area contributed by atoms with Gasteiger partial charge in [-0.1, -0.05) is 16.5 Å². The van der Waals surface area contributed by atoms with Crippen LogP contribution >= 0.6 is 11.6 Å². The van der Waals surface area contributed by atoms with Crippen molar-refractivity contribution in [3.63, 3.8) is 0 Å². The van der Waals surface area contributed by atoms with E-state index < -0.39 is 20.6 Å². The molecule has 106 valence electrons. The van der Waals surface area contributed by atoms with Gasteiger partial charge in [-0.3, -0.25) is 15.0 Å². The Morgan fingerprint density at radius 1 is 1.42 bits per heavy atom. The van der Waals surface area contributed by atoms with Crippen molar-refractivity contribution in [2.75, 3.05) is 20.3 Å². The molecule has 0 amide bonds. The van der Waals surface area contributed by atoms with Crippen molar-refractivity contribution in [1.82, 2.24) is 4.89 Å². The van der Waals surface area contributed by atoms with Crippen LogP contribution in [0.15, 0.2) is 23.1 Å². The number of sulfonamides is 1. The van der Waals surface area contributed by atoms with Crippen molar-refractivity contribution >= 4 is 27.3 Å². The van der Waals surface area contributed by atoms with Gasteiger partial charge in [0.2, 0.25) is 0 Å². The normalized spacial score (nSPS) is 11.5. The van der Waals surface area contributed by atoms with Gasteiger partial charge < -0.3 is 4.74 Å². The molecule has 0 aliphatic heterocycles. The van der Waals surface area contributed by atoms with Crippen LogP contribution in [-0.4, -0.2) is 33.7 Å². The highest BCUT2D eigenvalue weighted by atomic mass is 35.5. The highest BCUT2D eigenvalue weighted by molar-refractivity contribution is 7.89. The number of benzene rings is 1. The largest absolute Gasteiger partial charge is 0.382 e. The molecular weight excluding hydrogens is 300 g/mol. The third-order valence-electron chi connectivity index (χ3n) is 1.98. The maximum absolute atomic E-state index is 11.7. The third-order valence-corrected chi connectivity index (χ3v) is 3.51. The summed E-state index contributed by atoms with van der Waals surface area (Å²) in [5.41, 5.74) is -0.499. The van der Waals surface area contributed by atoms with Crippen molar-refractivity contribution in [1.29, 1.82) is 0 Å². The molecule has 0 spiro atoms. The highest BCUT2D eigenvalue weighted by Crippen LogP contribution is 2.26. The Kier molecular flexibility index (Phi) is 5.63. The lowest BCUT2D eigenvalue weighted by molar-refractivity contribution is -0.384. The first-order valence-corrected chi connectivity index (χ1v) is 6.81. The van der Waals surface area contributed by atoms with Gasteiger partial charge in [-0.25, -0.2) is 8.42 Å². The van der Waals surface area contributed by atoms with Crippen LogP contribution in [0, 0.1) is 10.1 Å². The summed E-state index contributed by atoms with van der Waals surface area (Å²) in [6.45, 7) is 0.203. The Bertz CT molecular complexity index is 562. The van der Waals surface area contributed by atoms with Crippen LogP contribution in [-0.2, 0) is 19.6 Å². The standard InChI is InChI=1S/C9H11ClN2O6S/c1-17-4-5-18-11-19(15,16)7-2-3-8(10)9(6-7)12(13)14/h2-3,6,11H,4-5H2,1H3. The summed E-state index contributed by atoms with van der Waals surface area (Å²) in [5, 5.41) is 10.5. The Hall–Kier alpha value is -1.26. The monoisotopic (exact) mass is 310 g/mol. The maximum Gasteiger partial charge on any atom is 0.289 e. The second kappa shape index (κ2) is 6.78. The lowest BCUT2D eigenvalue weighted by Crippen LogP contribution is -2.25. The number of nitro benzene ring substituents is 1. The summed E-state index contributed by atoms with van der Waals surface area (Å²) in [6, 6.07) is 3.12. The number of rotatable bonds is 7. The molecule has 0 unspecified atom stereocenters. The van der Waals surface area contributed by atoms with Gasteiger partial charge in [0, 0.05) is 13.2 Å². The summed E-state index contributed by atoms with van der Waals surface area (Å²) in [4.78, 5) is 16.0. The van der Waals surface area contributed by atoms with Crippen LogP contribution < -0.4 is 4.89 Å². The highest BCUT2D eigenvalue weighted by Gasteiger charge is 2.20. The summed E-state index contributed by atoms with van der Waals surface area (Å²) in [6.07, 6.45) is 0. The van der Waals surface area contributed by atoms with E-state index in [1.165, 1.54) is 7.11 Å². The third kappa shape index (κ3) is 4.40. The van der Waals surface area contributed by atoms with Crippen LogP contribution in [0.5, 0.6) is 0 Å². The van der Waals surface area contributed by atoms with Gasteiger partial charge in [0.25, 0.3) is 15.7 Å². The van der Waals surface area contributed by atoms with E-state index in [4.69, 9.17) is 11.6 Å². The molecule has 19 heavy (non-hydrogen) atoms. The zero-order valence-electron chi connectivity index (χ0n) is 9.83. The van der Waals surface area contributed by atoms with E-state index in [1.807, 2.05) is 4.89 Å². The number of nitrogens with one attached hydrogen (secondary N) is 1. The van der Waals surface area contributed by atoms with Crippen LogP contribution in [0.1, 0.15) is 0 Å². The van der Waals surface area contributed by atoms with E-state index in [-0.39, 0.29) is 23.1 Å². The molecule has 0 bridgehead atoms. The minimum absolute atomic E-state index is 0.00537. The van der Waals surface area contributed by atoms with E-state index in [9.17, 15) is 18.5 Å². The van der Waals surface area contributed by atoms with Crippen LogP contribution in [0.25, 0.3) is 0 Å². The summed E-state index contributed by atoms with van der Waals surface area (Å²) in [5.74, 6) is 0. The Morgan fingerprint density at radius 2 is 2.11 bits per heavy atom. The first kappa shape index (κ1) is 15.8. The molecule has 0 aliphatic rings. The van der Waals surface area contributed by atoms with E-state index in [1.54, 1.807) is 0 Å². The predicted molar refractivity (Wildman–Crippen MR) is 66.3 cm³/mol. The van der Waals surface area contributed by atoms with Crippen molar-refractivity contribution in [2.45, 2.75) is 4.90 Å². The van der Waals surface area contributed by atoms with Crippen LogP contribution in [0.4, 0.5) is 5.69 Å². The molecule has 10 heteroatoms. The number of hydrogen-bond acceptors (Lipinski definition) is 6. The average molecular weight is 311 g/mol. The lowest BCUT2D eigenvalue weighted by Gasteiger charge is -2.07. The summed E-state index contributed by atoms with van der Waals surface area (Å²) >= 11 is 5.58. The van der Waals surface area contributed by atoms with E-state index in [2.05, 4.69) is 9.57 Å². The zero-order chi connectivity index (χ0) is 14.5. The molecule has 0 radical (unpaired) electrons. The Labute approximate surface area is 114 Å². The molecule has 0 aliphatic carbocycles. The smallest absolute Gasteiger partial charge is 0.289 e. The molecule has 0 fully saturated rings. The summed E-state index contributed by atoms with van der Waals surface area (Å²) < 4.78 is 28.1. The number of nitro groups is 1. The molecular formula is C9H11ClN2O6S. The second-order valence-corrected chi connectivity index (χ2v) is 5.35. The topological polar surface area (TPSA) is 108 Å². The van der Waals surface area contributed by atoms with Gasteiger partial charge in [-0.05, 0) is 12.1 Å². The first-order chi connectivity index (χ1) is 8.88. The second-order valence-electron chi connectivity index (χ2n) is 3.30. The number of halogens is 1. The molecule has 1 aromatic rings. The molecule has 0 saturated heterocycles. The van der Waals surface area contributed by atoms with Gasteiger partial charge in [0.15, 0.2) is 0 Å². The van der Waals surface area contributed by atoms with Crippen LogP contribution in [0.3, 0.4) is 0 Å². The van der Waals surface area contributed by atoms with Gasteiger partial charge >= 0.3 is 0 Å². The summed E-state index contributed by atoms with van der Waals surface area (Å²) in [7, 11) is -2.57. The zero-order valence-corrected chi connectivity index (χ0v) is 11.4. The molecule has 1 N–H and O–H groups in total. The van der Waals surface area contributed by atoms with E-state index in [0.717, 1.165) is 18.2 Å². The predicted octanol–water partition coefficient (Wildman–Crippen LogP) is 1.10. The average Bonchev–Trinajstić information content (AvgIpc) is 2.34. The van der Waals surface area contributed by atoms with Crippen molar-refractivity contribution in [2.24, 2.45) is 0 Å². The maximum atomic E-state index is 11.7. The molecule has 0 aromatic heterocycles. The fraction of sp³-hybridized carbons (Fsp3) is 0.333. The molecule has 0 saturated carbocycles. The number of hydrogen-bond donors (Lipinski definition) is 1. The van der Waals surface area contributed by atoms with Crippen molar-refractivity contribution < 1.29 is 22.9 Å². The van der Waals surface area contributed by atoms with Gasteiger partial charge in [0.1, 0.15) is 5.02 Å². The number of ether oxygens (including phenoxy) is 1. The first-order valence-electron chi connectivity index (χ1n) is 4.95. The fourth-order valence-electron chi connectivity index (χ4n) is 1.09. The van der Waals surface area contributed by atoms with Gasteiger partial charge in [-0.2, -0.15) is 0 Å². The van der Waals surface area contributed by atoms with Gasteiger partial charge in [0.05, 0.1) is 23.0 Å². The van der Waals surface area contributed by atoms with E-state index >= 15 is 0 Å². The van der Waals surface area contributed by atoms with Crippen molar-refractivity contribution in [3.8, 4) is 0 Å². The SMILES string of the molecule is COCCONS(=O)(=O)c1ccc(Cl)c([N+](=O)[O-])c1. The number of methoxy groups -OCH3 is 1. The molecule has 1 rings (SSSR count). The lowest BCUT2D eigenvalue weighted by atomic mass is 10.3. The fourth-order valence-corrected chi connectivity index (χ4v) is 2.13. The molecule has 0 heterocycles. The molecule has 0 atom stereocenters. The Balaban J connectivity index is 2.89. The minimum Gasteiger partial charge on any atom is -0.382 e. The van der Waals surface area contributed by atoms with Crippen LogP contribution in [0.2, 0.25) is 5.02 Å². The van der Waals surface area contributed by atoms with Crippen molar-refractivity contribution in [3.05, 3.63) is 33.3 Å². The molecule has 1 aromatic carbocycles.